The van der Waals surface area contributed by atoms with Crippen LogP contribution in [-0.4, -0.2) is 54.5 Å². The van der Waals surface area contributed by atoms with Crippen LogP contribution in [0.1, 0.15) is 55.3 Å². The Morgan fingerprint density at radius 1 is 0.968 bits per heavy atom. The molecule has 0 spiro atoms. The number of ether oxygens (including phenoxy) is 1. The minimum absolute atomic E-state index is 0.0878. The first kappa shape index (κ1) is 23.1. The lowest BCUT2D eigenvalue weighted by Crippen LogP contribution is -2.46. The van der Waals surface area contributed by atoms with Gasteiger partial charge in [-0.05, 0) is 49.9 Å². The van der Waals surface area contributed by atoms with Crippen LogP contribution < -0.4 is 10.6 Å². The monoisotopic (exact) mass is 449 g/mol. The van der Waals surface area contributed by atoms with Crippen molar-refractivity contribution in [1.82, 2.24) is 15.5 Å². The Balaban J connectivity index is 1.35. The number of esters is 1. The first-order valence-electron chi connectivity index (χ1n) is 10.7. The molecule has 1 aliphatic carbocycles. The molecule has 1 aliphatic heterocycles. The SMILES string of the molecule is O=C(COC(=O)C1CCN(C(=O)c2ccc(Cl)cc2)CC1)NC(=O)NC1CCCCC1. The maximum atomic E-state index is 12.5. The van der Waals surface area contributed by atoms with E-state index in [-0.39, 0.29) is 17.9 Å². The quantitative estimate of drug-likeness (QED) is 0.672. The first-order valence-corrected chi connectivity index (χ1v) is 11.1. The molecule has 8 nitrogen and oxygen atoms in total. The largest absolute Gasteiger partial charge is 0.455 e. The highest BCUT2D eigenvalue weighted by atomic mass is 35.5. The van der Waals surface area contributed by atoms with Crippen molar-refractivity contribution in [3.05, 3.63) is 34.9 Å². The summed E-state index contributed by atoms with van der Waals surface area (Å²) in [6.07, 6.45) is 6.06. The Morgan fingerprint density at radius 3 is 2.26 bits per heavy atom. The average Bonchev–Trinajstić information content (AvgIpc) is 2.78. The van der Waals surface area contributed by atoms with E-state index in [2.05, 4.69) is 10.6 Å². The molecule has 2 N–H and O–H groups in total. The zero-order valence-corrected chi connectivity index (χ0v) is 18.2. The summed E-state index contributed by atoms with van der Waals surface area (Å²) in [7, 11) is 0. The molecule has 1 saturated carbocycles. The lowest BCUT2D eigenvalue weighted by Gasteiger charge is -2.31. The average molecular weight is 450 g/mol. The second-order valence-electron chi connectivity index (χ2n) is 8.04. The van der Waals surface area contributed by atoms with Gasteiger partial charge in [-0.25, -0.2) is 4.79 Å². The van der Waals surface area contributed by atoms with Gasteiger partial charge in [0.15, 0.2) is 6.61 Å². The summed E-state index contributed by atoms with van der Waals surface area (Å²) in [5, 5.41) is 5.54. The summed E-state index contributed by atoms with van der Waals surface area (Å²) < 4.78 is 5.08. The van der Waals surface area contributed by atoms with Crippen LogP contribution in [0.2, 0.25) is 5.02 Å². The van der Waals surface area contributed by atoms with Gasteiger partial charge in [0.2, 0.25) is 0 Å². The molecule has 31 heavy (non-hydrogen) atoms. The Kier molecular flexibility index (Phi) is 8.28. The summed E-state index contributed by atoms with van der Waals surface area (Å²) >= 11 is 5.85. The molecular weight excluding hydrogens is 422 g/mol. The molecule has 1 aromatic carbocycles. The number of halogens is 1. The topological polar surface area (TPSA) is 105 Å². The van der Waals surface area contributed by atoms with Gasteiger partial charge < -0.3 is 15.0 Å². The number of urea groups is 1. The third kappa shape index (κ3) is 6.95. The smallest absolute Gasteiger partial charge is 0.321 e. The summed E-state index contributed by atoms with van der Waals surface area (Å²) in [5.74, 6) is -1.62. The maximum absolute atomic E-state index is 12.5. The predicted molar refractivity (Wildman–Crippen MR) is 115 cm³/mol. The molecule has 0 aromatic heterocycles. The summed E-state index contributed by atoms with van der Waals surface area (Å²) in [5.41, 5.74) is 0.550. The number of nitrogens with zero attached hydrogens (tertiary/aromatic N) is 1. The van der Waals surface area contributed by atoms with Gasteiger partial charge in [-0.3, -0.25) is 19.7 Å². The third-order valence-corrected chi connectivity index (χ3v) is 6.00. The molecule has 9 heteroatoms. The van der Waals surface area contributed by atoms with Gasteiger partial charge >= 0.3 is 12.0 Å². The number of carbonyl (C=O) groups is 4. The van der Waals surface area contributed by atoms with Crippen molar-refractivity contribution in [1.29, 1.82) is 0 Å². The number of carbonyl (C=O) groups excluding carboxylic acids is 4. The van der Waals surface area contributed by atoms with Crippen LogP contribution in [0, 0.1) is 5.92 Å². The van der Waals surface area contributed by atoms with Crippen LogP contribution in [0.5, 0.6) is 0 Å². The number of nitrogens with one attached hydrogen (secondary N) is 2. The number of amides is 4. The van der Waals surface area contributed by atoms with Crippen molar-refractivity contribution in [3.63, 3.8) is 0 Å². The zero-order chi connectivity index (χ0) is 22.2. The van der Waals surface area contributed by atoms with Crippen molar-refractivity contribution in [2.75, 3.05) is 19.7 Å². The van der Waals surface area contributed by atoms with Crippen LogP contribution in [0.15, 0.2) is 24.3 Å². The minimum Gasteiger partial charge on any atom is -0.455 e. The van der Waals surface area contributed by atoms with Gasteiger partial charge in [0.25, 0.3) is 11.8 Å². The predicted octanol–water partition coefficient (Wildman–Crippen LogP) is 2.89. The van der Waals surface area contributed by atoms with E-state index in [1.807, 2.05) is 0 Å². The Labute approximate surface area is 186 Å². The van der Waals surface area contributed by atoms with E-state index in [0.29, 0.717) is 36.5 Å². The van der Waals surface area contributed by atoms with Crippen LogP contribution in [0.25, 0.3) is 0 Å². The van der Waals surface area contributed by atoms with Crippen molar-refractivity contribution in [2.45, 2.75) is 51.0 Å². The lowest BCUT2D eigenvalue weighted by atomic mass is 9.96. The zero-order valence-electron chi connectivity index (χ0n) is 17.4. The van der Waals surface area contributed by atoms with E-state index >= 15 is 0 Å². The lowest BCUT2D eigenvalue weighted by molar-refractivity contribution is -0.153. The van der Waals surface area contributed by atoms with Gasteiger partial charge in [0.1, 0.15) is 0 Å². The van der Waals surface area contributed by atoms with E-state index in [1.165, 1.54) is 6.42 Å². The standard InChI is InChI=1S/C22H28ClN3O5/c23-17-8-6-15(7-9-17)20(28)26-12-10-16(11-13-26)21(29)31-14-19(27)25-22(30)24-18-4-2-1-3-5-18/h6-9,16,18H,1-5,10-14H2,(H2,24,25,27,30). The second-order valence-corrected chi connectivity index (χ2v) is 8.47. The molecule has 1 heterocycles. The maximum Gasteiger partial charge on any atom is 0.321 e. The number of imide groups is 1. The van der Waals surface area contributed by atoms with Crippen molar-refractivity contribution < 1.29 is 23.9 Å². The number of likely N-dealkylation sites (tertiary alicyclic amines) is 1. The van der Waals surface area contributed by atoms with E-state index in [0.717, 1.165) is 25.7 Å². The fourth-order valence-electron chi connectivity index (χ4n) is 3.98. The minimum atomic E-state index is -0.656. The fraction of sp³-hybridized carbons (Fsp3) is 0.545. The molecule has 3 rings (SSSR count). The summed E-state index contributed by atoms with van der Waals surface area (Å²) in [4.78, 5) is 50.3. The van der Waals surface area contributed by atoms with Gasteiger partial charge in [0, 0.05) is 29.7 Å². The fourth-order valence-corrected chi connectivity index (χ4v) is 4.10. The van der Waals surface area contributed by atoms with Crippen LogP contribution in [0.4, 0.5) is 4.79 Å². The molecule has 0 unspecified atom stereocenters. The Morgan fingerprint density at radius 2 is 1.61 bits per heavy atom. The van der Waals surface area contributed by atoms with Gasteiger partial charge in [0.05, 0.1) is 5.92 Å². The van der Waals surface area contributed by atoms with Crippen molar-refractivity contribution >= 4 is 35.4 Å². The van der Waals surface area contributed by atoms with Gasteiger partial charge in [-0.1, -0.05) is 30.9 Å². The highest BCUT2D eigenvalue weighted by molar-refractivity contribution is 6.30. The number of rotatable bonds is 5. The molecule has 4 amide bonds. The molecule has 0 bridgehead atoms. The van der Waals surface area contributed by atoms with Gasteiger partial charge in [-0.15, -0.1) is 0 Å². The van der Waals surface area contributed by atoms with Gasteiger partial charge in [-0.2, -0.15) is 0 Å². The molecule has 168 valence electrons. The summed E-state index contributed by atoms with van der Waals surface area (Å²) in [6.45, 7) is 0.356. The first-order chi connectivity index (χ1) is 14.9. The molecule has 0 atom stereocenters. The Bertz CT molecular complexity index is 800. The number of benzene rings is 1. The van der Waals surface area contributed by atoms with E-state index in [9.17, 15) is 19.2 Å². The van der Waals surface area contributed by atoms with E-state index in [4.69, 9.17) is 16.3 Å². The van der Waals surface area contributed by atoms with Crippen molar-refractivity contribution in [2.24, 2.45) is 5.92 Å². The van der Waals surface area contributed by atoms with Crippen LogP contribution in [0.3, 0.4) is 0 Å². The molecule has 1 saturated heterocycles. The highest BCUT2D eigenvalue weighted by Gasteiger charge is 2.29. The molecule has 1 aromatic rings. The summed E-state index contributed by atoms with van der Waals surface area (Å²) in [6, 6.07) is 6.22. The van der Waals surface area contributed by atoms with Crippen molar-refractivity contribution in [3.8, 4) is 0 Å². The number of hydrogen-bond donors (Lipinski definition) is 2. The molecule has 2 fully saturated rings. The molecule has 0 radical (unpaired) electrons. The molecule has 2 aliphatic rings. The second kappa shape index (κ2) is 11.1. The Hall–Kier alpha value is -2.61. The third-order valence-electron chi connectivity index (χ3n) is 5.75. The number of piperidine rings is 1. The molecular formula is C22H28ClN3O5. The van der Waals surface area contributed by atoms with E-state index < -0.39 is 24.5 Å². The highest BCUT2D eigenvalue weighted by Crippen LogP contribution is 2.21. The number of hydrogen-bond acceptors (Lipinski definition) is 5. The van der Waals surface area contributed by atoms with E-state index in [1.54, 1.807) is 29.2 Å². The van der Waals surface area contributed by atoms with Crippen LogP contribution in [-0.2, 0) is 14.3 Å². The normalized spacial score (nSPS) is 17.6. The van der Waals surface area contributed by atoms with Crippen LogP contribution >= 0.6 is 11.6 Å².